The fourth-order valence-electron chi connectivity index (χ4n) is 4.76. The van der Waals surface area contributed by atoms with Gasteiger partial charge in [0.1, 0.15) is 11.6 Å². The molecule has 1 aliphatic rings. The summed E-state index contributed by atoms with van der Waals surface area (Å²) in [5.41, 5.74) is 15.2. The maximum atomic E-state index is 14.0. The van der Waals surface area contributed by atoms with Gasteiger partial charge in [-0.25, -0.2) is 4.39 Å². The van der Waals surface area contributed by atoms with Crippen LogP contribution < -0.4 is 15.8 Å². The Morgan fingerprint density at radius 1 is 1.06 bits per heavy atom. The van der Waals surface area contributed by atoms with Crippen LogP contribution >= 0.6 is 0 Å². The second-order valence-electron chi connectivity index (χ2n) is 9.04. The number of hydrogen-bond acceptors (Lipinski definition) is 3. The molecule has 166 valence electrons. The molecular weight excluding hydrogens is 399 g/mol. The molecule has 0 saturated heterocycles. The Morgan fingerprint density at radius 2 is 1.81 bits per heavy atom. The van der Waals surface area contributed by atoms with Crippen molar-refractivity contribution in [2.24, 2.45) is 5.73 Å². The van der Waals surface area contributed by atoms with Gasteiger partial charge in [0.15, 0.2) is 0 Å². The zero-order chi connectivity index (χ0) is 23.0. The molecule has 1 aliphatic heterocycles. The van der Waals surface area contributed by atoms with E-state index in [1.165, 1.54) is 23.3 Å². The van der Waals surface area contributed by atoms with Gasteiger partial charge < -0.3 is 15.8 Å². The predicted molar refractivity (Wildman–Crippen MR) is 132 cm³/mol. The van der Waals surface area contributed by atoms with Gasteiger partial charge in [0.25, 0.3) is 0 Å². The summed E-state index contributed by atoms with van der Waals surface area (Å²) in [6, 6.07) is 16.9. The Hall–Kier alpha value is -3.11. The van der Waals surface area contributed by atoms with Gasteiger partial charge in [-0.2, -0.15) is 0 Å². The molecule has 1 heterocycles. The van der Waals surface area contributed by atoms with Gasteiger partial charge in [-0.3, -0.25) is 0 Å². The molecule has 3 nitrogen and oxygen atoms in total. The topological polar surface area (TPSA) is 47.3 Å². The van der Waals surface area contributed by atoms with Crippen LogP contribution in [0.25, 0.3) is 16.7 Å². The van der Waals surface area contributed by atoms with Crippen molar-refractivity contribution in [3.05, 3.63) is 88.7 Å². The number of rotatable bonds is 5. The van der Waals surface area contributed by atoms with E-state index in [1.807, 2.05) is 0 Å². The van der Waals surface area contributed by atoms with Crippen LogP contribution in [0.5, 0.6) is 5.75 Å². The summed E-state index contributed by atoms with van der Waals surface area (Å²) < 4.78 is 19.5. The maximum Gasteiger partial charge on any atom is 0.129 e. The SMILES string of the molecule is CCc1cccc(C(N)c2c(-c3ccc(F)cc3OC)ccc3c2C(C)=CC(C)(C)N3)c1. The lowest BCUT2D eigenvalue weighted by Gasteiger charge is -2.34. The van der Waals surface area contributed by atoms with E-state index in [9.17, 15) is 4.39 Å². The number of benzene rings is 3. The molecular formula is C28H31FN2O. The molecule has 0 radical (unpaired) electrons. The van der Waals surface area contributed by atoms with Crippen molar-refractivity contribution in [3.63, 3.8) is 0 Å². The van der Waals surface area contributed by atoms with Crippen LogP contribution in [-0.2, 0) is 6.42 Å². The Labute approximate surface area is 190 Å². The highest BCUT2D eigenvalue weighted by molar-refractivity contribution is 5.89. The molecule has 0 amide bonds. The van der Waals surface area contributed by atoms with Crippen LogP contribution in [0, 0.1) is 5.82 Å². The standard InChI is InChI=1S/C28H31FN2O/c1-6-18-8-7-9-19(14-18)27(30)26-22(21-11-10-20(29)15-24(21)32-5)12-13-23-25(26)17(2)16-28(3,4)31-23/h7-16,27,31H,6,30H2,1-5H3. The summed E-state index contributed by atoms with van der Waals surface area (Å²) in [5, 5.41) is 3.63. The fourth-order valence-corrected chi connectivity index (χ4v) is 4.76. The van der Waals surface area contributed by atoms with Crippen LogP contribution in [-0.4, -0.2) is 12.6 Å². The smallest absolute Gasteiger partial charge is 0.129 e. The third-order valence-electron chi connectivity index (χ3n) is 6.16. The molecule has 1 unspecified atom stereocenters. The molecule has 0 spiro atoms. The second kappa shape index (κ2) is 8.44. The molecule has 4 rings (SSSR count). The Bertz CT molecular complexity index is 1200. The Balaban J connectivity index is 2.01. The summed E-state index contributed by atoms with van der Waals surface area (Å²) in [6.45, 7) is 8.58. The maximum absolute atomic E-state index is 14.0. The van der Waals surface area contributed by atoms with Crippen molar-refractivity contribution in [2.45, 2.75) is 45.7 Å². The molecule has 3 N–H and O–H groups in total. The van der Waals surface area contributed by atoms with Gasteiger partial charge in [0, 0.05) is 22.9 Å². The summed E-state index contributed by atoms with van der Waals surface area (Å²) in [4.78, 5) is 0. The Kier molecular flexibility index (Phi) is 5.83. The number of halogens is 1. The first-order valence-corrected chi connectivity index (χ1v) is 11.1. The molecule has 3 aromatic rings. The summed E-state index contributed by atoms with van der Waals surface area (Å²) in [5.74, 6) is 0.163. The van der Waals surface area contributed by atoms with E-state index in [2.05, 4.69) is 75.5 Å². The monoisotopic (exact) mass is 430 g/mol. The van der Waals surface area contributed by atoms with Crippen LogP contribution in [0.2, 0.25) is 0 Å². The van der Waals surface area contributed by atoms with Crippen molar-refractivity contribution in [3.8, 4) is 16.9 Å². The van der Waals surface area contributed by atoms with Crippen LogP contribution in [0.1, 0.15) is 56.0 Å². The van der Waals surface area contributed by atoms with Gasteiger partial charge in [-0.1, -0.05) is 43.3 Å². The second-order valence-corrected chi connectivity index (χ2v) is 9.04. The van der Waals surface area contributed by atoms with E-state index in [0.717, 1.165) is 39.9 Å². The number of ether oxygens (including phenoxy) is 1. The van der Waals surface area contributed by atoms with Crippen LogP contribution in [0.3, 0.4) is 0 Å². The molecule has 0 aliphatic carbocycles. The molecule has 0 saturated carbocycles. The number of nitrogens with two attached hydrogens (primary N) is 1. The van der Waals surface area contributed by atoms with Crippen molar-refractivity contribution < 1.29 is 9.13 Å². The summed E-state index contributed by atoms with van der Waals surface area (Å²) in [6.07, 6.45) is 3.18. The minimum absolute atomic E-state index is 0.157. The van der Waals surface area contributed by atoms with E-state index in [-0.39, 0.29) is 17.4 Å². The van der Waals surface area contributed by atoms with Crippen molar-refractivity contribution >= 4 is 11.3 Å². The quantitative estimate of drug-likeness (QED) is 0.472. The third kappa shape index (κ3) is 4.03. The van der Waals surface area contributed by atoms with Gasteiger partial charge in [0.2, 0.25) is 0 Å². The van der Waals surface area contributed by atoms with E-state index in [0.29, 0.717) is 5.75 Å². The van der Waals surface area contributed by atoms with E-state index >= 15 is 0 Å². The average Bonchev–Trinajstić information content (AvgIpc) is 2.77. The minimum Gasteiger partial charge on any atom is -0.496 e. The molecule has 3 aromatic carbocycles. The largest absolute Gasteiger partial charge is 0.496 e. The average molecular weight is 431 g/mol. The highest BCUT2D eigenvalue weighted by Crippen LogP contribution is 2.45. The number of allylic oxidation sites excluding steroid dienone is 1. The third-order valence-corrected chi connectivity index (χ3v) is 6.16. The van der Waals surface area contributed by atoms with Crippen molar-refractivity contribution in [2.75, 3.05) is 12.4 Å². The first-order chi connectivity index (χ1) is 15.2. The molecule has 0 bridgehead atoms. The molecule has 32 heavy (non-hydrogen) atoms. The van der Waals surface area contributed by atoms with Gasteiger partial charge in [0.05, 0.1) is 18.7 Å². The van der Waals surface area contributed by atoms with Gasteiger partial charge >= 0.3 is 0 Å². The number of aryl methyl sites for hydroxylation is 1. The fraction of sp³-hybridized carbons (Fsp3) is 0.286. The van der Waals surface area contributed by atoms with Crippen LogP contribution in [0.15, 0.2) is 60.7 Å². The first-order valence-electron chi connectivity index (χ1n) is 11.1. The number of fused-ring (bicyclic) bond motifs is 1. The highest BCUT2D eigenvalue weighted by atomic mass is 19.1. The normalized spacial score (nSPS) is 15.4. The number of nitrogens with one attached hydrogen (secondary N) is 1. The zero-order valence-corrected chi connectivity index (χ0v) is 19.4. The predicted octanol–water partition coefficient (Wildman–Crippen LogP) is 6.72. The highest BCUT2D eigenvalue weighted by Gasteiger charge is 2.29. The first kappa shape index (κ1) is 22.1. The zero-order valence-electron chi connectivity index (χ0n) is 19.4. The molecule has 1 atom stereocenters. The van der Waals surface area contributed by atoms with Crippen molar-refractivity contribution in [1.29, 1.82) is 0 Å². The lowest BCUT2D eigenvalue weighted by atomic mass is 9.81. The van der Waals surface area contributed by atoms with E-state index in [4.69, 9.17) is 10.5 Å². The molecule has 0 fully saturated rings. The van der Waals surface area contributed by atoms with Gasteiger partial charge in [-0.15, -0.1) is 0 Å². The number of methoxy groups -OCH3 is 1. The lowest BCUT2D eigenvalue weighted by molar-refractivity contribution is 0.413. The summed E-state index contributed by atoms with van der Waals surface area (Å²) >= 11 is 0. The van der Waals surface area contributed by atoms with Crippen molar-refractivity contribution in [1.82, 2.24) is 0 Å². The molecule has 0 aromatic heterocycles. The minimum atomic E-state index is -0.354. The van der Waals surface area contributed by atoms with Crippen LogP contribution in [0.4, 0.5) is 10.1 Å². The lowest BCUT2D eigenvalue weighted by Crippen LogP contribution is -2.32. The van der Waals surface area contributed by atoms with E-state index in [1.54, 1.807) is 13.2 Å². The van der Waals surface area contributed by atoms with Gasteiger partial charge in [-0.05, 0) is 73.2 Å². The van der Waals surface area contributed by atoms with E-state index < -0.39 is 0 Å². The Morgan fingerprint density at radius 3 is 2.53 bits per heavy atom. The number of anilines is 1. The number of hydrogen-bond donors (Lipinski definition) is 2. The summed E-state index contributed by atoms with van der Waals surface area (Å²) in [7, 11) is 1.57. The molecule has 4 heteroatoms.